The summed E-state index contributed by atoms with van der Waals surface area (Å²) in [6, 6.07) is 15.8. The summed E-state index contributed by atoms with van der Waals surface area (Å²) < 4.78 is 28.1. The van der Waals surface area contributed by atoms with Crippen LogP contribution in [-0.4, -0.2) is 54.8 Å². The van der Waals surface area contributed by atoms with Gasteiger partial charge in [-0.05, 0) is 50.2 Å². The molecule has 7 nitrogen and oxygen atoms in total. The van der Waals surface area contributed by atoms with E-state index in [1.165, 1.54) is 12.1 Å². The Morgan fingerprint density at radius 3 is 2.31 bits per heavy atom. The monoisotopic (exact) mass is 490 g/mol. The number of anilines is 1. The molecule has 1 fully saturated rings. The average molecular weight is 491 g/mol. The maximum Gasteiger partial charge on any atom is 0.182 e. The zero-order valence-electron chi connectivity index (χ0n) is 19.8. The first-order valence-electron chi connectivity index (χ1n) is 11.6. The van der Waals surface area contributed by atoms with Gasteiger partial charge in [0.2, 0.25) is 0 Å². The maximum absolute atomic E-state index is 13.4. The Labute approximate surface area is 207 Å². The van der Waals surface area contributed by atoms with Crippen molar-refractivity contribution in [3.8, 4) is 11.3 Å². The van der Waals surface area contributed by atoms with E-state index in [2.05, 4.69) is 24.9 Å². The van der Waals surface area contributed by atoms with Crippen molar-refractivity contribution in [2.75, 3.05) is 31.1 Å². The Morgan fingerprint density at radius 1 is 0.914 bits per heavy atom. The molecule has 1 aliphatic heterocycles. The van der Waals surface area contributed by atoms with E-state index < -0.39 is 11.4 Å². The predicted molar refractivity (Wildman–Crippen MR) is 135 cm³/mol. The first-order valence-corrected chi connectivity index (χ1v) is 12.7. The molecule has 1 unspecified atom stereocenters. The second-order valence-corrected chi connectivity index (χ2v) is 9.90. The van der Waals surface area contributed by atoms with Crippen LogP contribution in [0.25, 0.3) is 11.3 Å². The summed E-state index contributed by atoms with van der Waals surface area (Å²) in [4.78, 5) is 14.5. The van der Waals surface area contributed by atoms with E-state index in [4.69, 9.17) is 0 Å². The lowest BCUT2D eigenvalue weighted by molar-refractivity contribution is 0.248. The molecule has 35 heavy (non-hydrogen) atoms. The van der Waals surface area contributed by atoms with Crippen LogP contribution < -0.4 is 4.90 Å². The minimum atomic E-state index is -1.37. The van der Waals surface area contributed by atoms with Crippen LogP contribution in [0.2, 0.25) is 0 Å². The van der Waals surface area contributed by atoms with E-state index in [1.807, 2.05) is 44.2 Å². The summed E-state index contributed by atoms with van der Waals surface area (Å²) in [5.74, 6) is 0.548. The molecule has 1 atom stereocenters. The highest BCUT2D eigenvalue weighted by Gasteiger charge is 2.26. The number of aryl methyl sites for hydroxylation is 1. The van der Waals surface area contributed by atoms with E-state index in [1.54, 1.807) is 28.6 Å². The Kier molecular flexibility index (Phi) is 6.81. The zero-order valence-corrected chi connectivity index (χ0v) is 20.6. The minimum Gasteiger partial charge on any atom is -0.586 e. The van der Waals surface area contributed by atoms with Gasteiger partial charge in [0.05, 0.1) is 11.4 Å². The van der Waals surface area contributed by atoms with Crippen molar-refractivity contribution in [3.05, 3.63) is 89.8 Å². The van der Waals surface area contributed by atoms with Crippen LogP contribution >= 0.6 is 0 Å². The van der Waals surface area contributed by atoms with Crippen LogP contribution in [0.5, 0.6) is 0 Å². The molecule has 1 aliphatic rings. The third-order valence-corrected chi connectivity index (χ3v) is 7.70. The number of benzene rings is 2. The van der Waals surface area contributed by atoms with Crippen LogP contribution in [0, 0.1) is 19.7 Å². The molecule has 0 saturated carbocycles. The number of hydrogen-bond acceptors (Lipinski definition) is 6. The normalized spacial score (nSPS) is 15.4. The molecule has 4 aromatic rings. The maximum atomic E-state index is 13.4. The molecule has 0 radical (unpaired) electrons. The highest BCUT2D eigenvalue weighted by atomic mass is 32.2. The van der Waals surface area contributed by atoms with Crippen LogP contribution in [-0.2, 0) is 17.9 Å². The molecular formula is C26H27FN6OS. The molecule has 0 spiro atoms. The summed E-state index contributed by atoms with van der Waals surface area (Å²) in [7, 11) is 0. The van der Waals surface area contributed by atoms with Crippen LogP contribution in [0.15, 0.2) is 71.9 Å². The SMILES string of the molecule is Cc1nn([S+]([O-])c2ccccc2)c(C)c1CN1CCN(c2nccnc2-c2ccc(F)cc2)CC1. The third-order valence-electron chi connectivity index (χ3n) is 6.35. The first-order chi connectivity index (χ1) is 17.0. The van der Waals surface area contributed by atoms with Crippen molar-refractivity contribution < 1.29 is 8.94 Å². The molecule has 9 heteroatoms. The number of nitrogens with zero attached hydrogens (tertiary/aromatic N) is 6. The molecule has 2 aromatic heterocycles. The van der Waals surface area contributed by atoms with Crippen LogP contribution in [0.3, 0.4) is 0 Å². The minimum absolute atomic E-state index is 0.269. The molecular weight excluding hydrogens is 463 g/mol. The van der Waals surface area contributed by atoms with Gasteiger partial charge in [-0.1, -0.05) is 22.3 Å². The number of hydrogen-bond donors (Lipinski definition) is 0. The van der Waals surface area contributed by atoms with Crippen molar-refractivity contribution in [3.63, 3.8) is 0 Å². The summed E-state index contributed by atoms with van der Waals surface area (Å²) in [5, 5.41) is 4.60. The summed E-state index contributed by atoms with van der Waals surface area (Å²) in [6.07, 6.45) is 3.36. The number of rotatable bonds is 6. The van der Waals surface area contributed by atoms with Gasteiger partial charge in [0.1, 0.15) is 22.9 Å². The molecule has 0 aliphatic carbocycles. The van der Waals surface area contributed by atoms with Crippen molar-refractivity contribution >= 4 is 17.2 Å². The van der Waals surface area contributed by atoms with E-state index in [9.17, 15) is 8.94 Å². The van der Waals surface area contributed by atoms with Gasteiger partial charge in [0, 0.05) is 56.2 Å². The first kappa shape index (κ1) is 23.5. The summed E-state index contributed by atoms with van der Waals surface area (Å²) in [6.45, 7) is 8.02. The van der Waals surface area contributed by atoms with Crippen LogP contribution in [0.1, 0.15) is 17.0 Å². The van der Waals surface area contributed by atoms with Crippen molar-refractivity contribution in [2.24, 2.45) is 0 Å². The van der Waals surface area contributed by atoms with Crippen molar-refractivity contribution in [1.82, 2.24) is 24.1 Å². The summed E-state index contributed by atoms with van der Waals surface area (Å²) in [5.41, 5.74) is 4.56. The summed E-state index contributed by atoms with van der Waals surface area (Å²) >= 11 is -1.37. The molecule has 180 valence electrons. The van der Waals surface area contributed by atoms with Gasteiger partial charge >= 0.3 is 0 Å². The van der Waals surface area contributed by atoms with E-state index in [-0.39, 0.29) is 5.82 Å². The van der Waals surface area contributed by atoms with Gasteiger partial charge in [-0.2, -0.15) is 0 Å². The van der Waals surface area contributed by atoms with E-state index in [0.717, 1.165) is 71.6 Å². The lowest BCUT2D eigenvalue weighted by atomic mass is 10.1. The van der Waals surface area contributed by atoms with Gasteiger partial charge in [-0.25, -0.2) is 9.37 Å². The van der Waals surface area contributed by atoms with Gasteiger partial charge in [-0.15, -0.1) is 5.10 Å². The Balaban J connectivity index is 1.28. The van der Waals surface area contributed by atoms with Crippen molar-refractivity contribution in [1.29, 1.82) is 0 Å². The highest BCUT2D eigenvalue weighted by molar-refractivity contribution is 7.89. The highest BCUT2D eigenvalue weighted by Crippen LogP contribution is 2.28. The smallest absolute Gasteiger partial charge is 0.182 e. The predicted octanol–water partition coefficient (Wildman–Crippen LogP) is 3.99. The second-order valence-electron chi connectivity index (χ2n) is 8.58. The second kappa shape index (κ2) is 10.2. The topological polar surface area (TPSA) is 73.1 Å². The molecule has 0 amide bonds. The Bertz CT molecular complexity index is 1290. The quantitative estimate of drug-likeness (QED) is 0.381. The molecule has 0 N–H and O–H groups in total. The van der Waals surface area contributed by atoms with E-state index >= 15 is 0 Å². The number of piperazine rings is 1. The Morgan fingerprint density at radius 2 is 1.60 bits per heavy atom. The number of aromatic nitrogens is 4. The fourth-order valence-corrected chi connectivity index (χ4v) is 5.54. The molecule has 1 saturated heterocycles. The van der Waals surface area contributed by atoms with Crippen molar-refractivity contribution in [2.45, 2.75) is 25.3 Å². The molecule has 2 aromatic carbocycles. The Hall–Kier alpha value is -3.27. The van der Waals surface area contributed by atoms with Gasteiger partial charge in [0.25, 0.3) is 0 Å². The zero-order chi connectivity index (χ0) is 24.4. The standard InChI is InChI=1S/C26H27FN6OS/c1-19-24(20(2)33(30-19)35(34)23-6-4-3-5-7-23)18-31-14-16-32(17-15-31)26-25(28-12-13-29-26)21-8-10-22(27)11-9-21/h3-13H,14-18H2,1-2H3. The van der Waals surface area contributed by atoms with Gasteiger partial charge in [0.15, 0.2) is 10.7 Å². The molecule has 5 rings (SSSR count). The lowest BCUT2D eigenvalue weighted by Crippen LogP contribution is -2.46. The van der Waals surface area contributed by atoms with Gasteiger partial charge in [-0.3, -0.25) is 9.88 Å². The lowest BCUT2D eigenvalue weighted by Gasteiger charge is -2.36. The van der Waals surface area contributed by atoms with Crippen LogP contribution in [0.4, 0.5) is 10.2 Å². The molecule has 3 heterocycles. The van der Waals surface area contributed by atoms with Gasteiger partial charge < -0.3 is 9.45 Å². The number of halogens is 1. The fraction of sp³-hybridized carbons (Fsp3) is 0.269. The molecule has 0 bridgehead atoms. The largest absolute Gasteiger partial charge is 0.586 e. The third kappa shape index (κ3) is 4.93. The average Bonchev–Trinajstić information content (AvgIpc) is 3.18. The fourth-order valence-electron chi connectivity index (χ4n) is 4.39. The van der Waals surface area contributed by atoms with E-state index in [0.29, 0.717) is 0 Å².